The van der Waals surface area contributed by atoms with E-state index in [2.05, 4.69) is 16.6 Å². The molecule has 3 amide bonds. The molecule has 0 bridgehead atoms. The first-order valence-corrected chi connectivity index (χ1v) is 14.6. The Morgan fingerprint density at radius 3 is 2.31 bits per heavy atom. The van der Waals surface area contributed by atoms with E-state index in [0.717, 1.165) is 5.56 Å². The number of thioether (sulfide) groups is 1. The molecule has 0 heterocycles. The molecule has 2 rings (SSSR count). The molecule has 7 nitrogen and oxygen atoms in total. The van der Waals surface area contributed by atoms with Crippen LogP contribution in [0.5, 0.6) is 0 Å². The van der Waals surface area contributed by atoms with Crippen LogP contribution in [0.3, 0.4) is 0 Å². The van der Waals surface area contributed by atoms with Gasteiger partial charge in [-0.1, -0.05) is 61.4 Å². The van der Waals surface area contributed by atoms with E-state index in [1.54, 1.807) is 61.7 Å². The predicted molar refractivity (Wildman–Crippen MR) is 158 cm³/mol. The fourth-order valence-electron chi connectivity index (χ4n) is 4.08. The van der Waals surface area contributed by atoms with Gasteiger partial charge in [-0.15, -0.1) is 6.42 Å². The average Bonchev–Trinajstić information content (AvgIpc) is 2.91. The fraction of sp³-hybridized carbons (Fsp3) is 0.452. The van der Waals surface area contributed by atoms with Crippen molar-refractivity contribution in [3.63, 3.8) is 0 Å². The molecule has 3 unspecified atom stereocenters. The first-order chi connectivity index (χ1) is 18.5. The molecule has 3 atom stereocenters. The number of nitrogens with zero attached hydrogens (tertiary/aromatic N) is 1. The van der Waals surface area contributed by atoms with Crippen molar-refractivity contribution in [2.45, 2.75) is 77.7 Å². The summed E-state index contributed by atoms with van der Waals surface area (Å²) in [5.74, 6) is 2.58. The van der Waals surface area contributed by atoms with Crippen LogP contribution in [0.25, 0.3) is 0 Å². The summed E-state index contributed by atoms with van der Waals surface area (Å²) in [6.45, 7) is 9.44. The van der Waals surface area contributed by atoms with Gasteiger partial charge in [0.2, 0.25) is 11.8 Å². The number of rotatable bonds is 12. The van der Waals surface area contributed by atoms with Gasteiger partial charge in [0.15, 0.2) is 0 Å². The summed E-state index contributed by atoms with van der Waals surface area (Å²) < 4.78 is 5.45. The second-order valence-electron chi connectivity index (χ2n) is 10.3. The van der Waals surface area contributed by atoms with Crippen molar-refractivity contribution in [1.82, 2.24) is 15.5 Å². The summed E-state index contributed by atoms with van der Waals surface area (Å²) in [5.41, 5.74) is 1.29. The number of benzene rings is 2. The molecule has 0 saturated heterocycles. The van der Waals surface area contributed by atoms with Gasteiger partial charge in [-0.25, -0.2) is 4.79 Å². The zero-order chi connectivity index (χ0) is 29.0. The van der Waals surface area contributed by atoms with Gasteiger partial charge in [-0.05, 0) is 69.7 Å². The SMILES string of the molecule is C#Cc1ccccc1C(C(=O)NCc1ccccc1)N(C(=O)C(CCSC)NC(=O)OC(C)(C)C)C(C)CC. The van der Waals surface area contributed by atoms with Gasteiger partial charge >= 0.3 is 6.09 Å². The molecule has 0 aliphatic heterocycles. The Labute approximate surface area is 237 Å². The Bertz CT molecular complexity index is 1140. The maximum Gasteiger partial charge on any atom is 0.408 e. The molecule has 39 heavy (non-hydrogen) atoms. The summed E-state index contributed by atoms with van der Waals surface area (Å²) in [6, 6.07) is 14.5. The Morgan fingerprint density at radius 2 is 1.72 bits per heavy atom. The molecule has 0 radical (unpaired) electrons. The molecule has 0 spiro atoms. The van der Waals surface area contributed by atoms with E-state index in [9.17, 15) is 14.4 Å². The third-order valence-electron chi connectivity index (χ3n) is 6.17. The zero-order valence-corrected chi connectivity index (χ0v) is 24.6. The number of ether oxygens (including phenoxy) is 1. The van der Waals surface area contributed by atoms with Crippen LogP contribution < -0.4 is 10.6 Å². The van der Waals surface area contributed by atoms with Crippen molar-refractivity contribution in [2.75, 3.05) is 12.0 Å². The van der Waals surface area contributed by atoms with Crippen molar-refractivity contribution in [3.8, 4) is 12.3 Å². The lowest BCUT2D eigenvalue weighted by Gasteiger charge is -2.38. The first-order valence-electron chi connectivity index (χ1n) is 13.2. The molecule has 2 N–H and O–H groups in total. The minimum Gasteiger partial charge on any atom is -0.444 e. The Balaban J connectivity index is 2.54. The predicted octanol–water partition coefficient (Wildman–Crippen LogP) is 5.30. The number of carbonyl (C=O) groups is 3. The summed E-state index contributed by atoms with van der Waals surface area (Å²) in [7, 11) is 0. The van der Waals surface area contributed by atoms with Crippen LogP contribution in [-0.4, -0.2) is 52.5 Å². The standard InChI is InChI=1S/C31H41N3O4S/c1-8-22(3)34(29(36)26(19-20-39-7)33-30(37)38-31(4,5)6)27(25-18-14-13-17-24(25)9-2)28(35)32-21-23-15-11-10-12-16-23/h2,10-18,22,26-27H,8,19-21H2,1,3-7H3,(H,32,35)(H,33,37). The van der Waals surface area contributed by atoms with Gasteiger partial charge < -0.3 is 20.3 Å². The van der Waals surface area contributed by atoms with E-state index in [1.165, 1.54) is 0 Å². The Hall–Kier alpha value is -3.44. The van der Waals surface area contributed by atoms with Gasteiger partial charge in [-0.2, -0.15) is 11.8 Å². The first kappa shape index (κ1) is 31.8. The molecular weight excluding hydrogens is 510 g/mol. The van der Waals surface area contributed by atoms with Gasteiger partial charge in [0.1, 0.15) is 17.7 Å². The Kier molecular flexibility index (Phi) is 12.4. The quantitative estimate of drug-likeness (QED) is 0.350. The number of carbonyl (C=O) groups excluding carboxylic acids is 3. The second-order valence-corrected chi connectivity index (χ2v) is 11.3. The van der Waals surface area contributed by atoms with Crippen molar-refractivity contribution in [2.24, 2.45) is 0 Å². The van der Waals surface area contributed by atoms with Gasteiger partial charge in [-0.3, -0.25) is 9.59 Å². The van der Waals surface area contributed by atoms with Gasteiger partial charge in [0.05, 0.1) is 0 Å². The maximum absolute atomic E-state index is 14.3. The third-order valence-corrected chi connectivity index (χ3v) is 6.81. The van der Waals surface area contributed by atoms with Crippen LogP contribution in [0.4, 0.5) is 4.79 Å². The van der Waals surface area contributed by atoms with Crippen LogP contribution in [0.1, 0.15) is 70.2 Å². The smallest absolute Gasteiger partial charge is 0.408 e. The lowest BCUT2D eigenvalue weighted by molar-refractivity contribution is -0.145. The fourth-order valence-corrected chi connectivity index (χ4v) is 4.56. The summed E-state index contributed by atoms with van der Waals surface area (Å²) >= 11 is 1.57. The van der Waals surface area contributed by atoms with Crippen LogP contribution >= 0.6 is 11.8 Å². The molecule has 8 heteroatoms. The van der Waals surface area contributed by atoms with E-state index < -0.39 is 23.8 Å². The lowest BCUT2D eigenvalue weighted by Crippen LogP contribution is -2.55. The van der Waals surface area contributed by atoms with E-state index in [1.807, 2.05) is 50.4 Å². The van der Waals surface area contributed by atoms with Crippen LogP contribution in [-0.2, 0) is 20.9 Å². The molecule has 0 aromatic heterocycles. The third kappa shape index (κ3) is 9.67. The summed E-state index contributed by atoms with van der Waals surface area (Å²) in [6.07, 6.45) is 8.05. The molecule has 210 valence electrons. The van der Waals surface area contributed by atoms with Crippen molar-refractivity contribution in [1.29, 1.82) is 0 Å². The number of amides is 3. The minimum atomic E-state index is -0.999. The molecule has 0 aliphatic carbocycles. The molecule has 2 aromatic carbocycles. The van der Waals surface area contributed by atoms with E-state index in [0.29, 0.717) is 36.3 Å². The van der Waals surface area contributed by atoms with Gasteiger partial charge in [0.25, 0.3) is 0 Å². The van der Waals surface area contributed by atoms with Crippen molar-refractivity contribution >= 4 is 29.7 Å². The highest BCUT2D eigenvalue weighted by Gasteiger charge is 2.39. The molecule has 0 fully saturated rings. The highest BCUT2D eigenvalue weighted by atomic mass is 32.2. The number of hydrogen-bond acceptors (Lipinski definition) is 5. The van der Waals surface area contributed by atoms with Crippen LogP contribution in [0.2, 0.25) is 0 Å². The zero-order valence-electron chi connectivity index (χ0n) is 23.8. The average molecular weight is 552 g/mol. The number of hydrogen-bond donors (Lipinski definition) is 2. The van der Waals surface area contributed by atoms with E-state index in [4.69, 9.17) is 11.2 Å². The molecule has 0 aliphatic rings. The normalized spacial score (nSPS) is 13.4. The monoisotopic (exact) mass is 551 g/mol. The molecule has 2 aromatic rings. The summed E-state index contributed by atoms with van der Waals surface area (Å²) in [5, 5.41) is 5.76. The van der Waals surface area contributed by atoms with Crippen molar-refractivity contribution in [3.05, 3.63) is 71.3 Å². The topological polar surface area (TPSA) is 87.7 Å². The van der Waals surface area contributed by atoms with Crippen LogP contribution in [0, 0.1) is 12.3 Å². The number of terminal acetylenes is 1. The lowest BCUT2D eigenvalue weighted by atomic mass is 9.95. The number of nitrogens with one attached hydrogen (secondary N) is 2. The minimum absolute atomic E-state index is 0.295. The van der Waals surface area contributed by atoms with Crippen LogP contribution in [0.15, 0.2) is 54.6 Å². The Morgan fingerprint density at radius 1 is 1.08 bits per heavy atom. The maximum atomic E-state index is 14.3. The second kappa shape index (κ2) is 15.2. The van der Waals surface area contributed by atoms with Crippen molar-refractivity contribution < 1.29 is 19.1 Å². The summed E-state index contributed by atoms with van der Waals surface area (Å²) in [4.78, 5) is 42.5. The van der Waals surface area contributed by atoms with Gasteiger partial charge in [0, 0.05) is 18.2 Å². The van der Waals surface area contributed by atoms with E-state index >= 15 is 0 Å². The molecule has 0 saturated carbocycles. The highest BCUT2D eigenvalue weighted by molar-refractivity contribution is 7.98. The van der Waals surface area contributed by atoms with E-state index in [-0.39, 0.29) is 17.9 Å². The molecular formula is C31H41N3O4S. The highest BCUT2D eigenvalue weighted by Crippen LogP contribution is 2.29. The number of alkyl carbamates (subject to hydrolysis) is 1. The largest absolute Gasteiger partial charge is 0.444 e.